The summed E-state index contributed by atoms with van der Waals surface area (Å²) < 4.78 is 5.78. The van der Waals surface area contributed by atoms with E-state index in [1.54, 1.807) is 0 Å². The molecule has 20 heavy (non-hydrogen) atoms. The maximum Gasteiger partial charge on any atom is 0.261 e. The third kappa shape index (κ3) is 3.61. The zero-order chi connectivity index (χ0) is 14.5. The van der Waals surface area contributed by atoms with Crippen molar-refractivity contribution in [2.75, 3.05) is 13.2 Å². The molecule has 0 saturated heterocycles. The standard InChI is InChI=1S/C16H19NO2S/c1-11-9-12(2)15(13(3)10-11)19-7-6-17-16(18)14-5-4-8-20-14/h4-5,8-10H,6-7H2,1-3H3,(H,17,18). The van der Waals surface area contributed by atoms with Gasteiger partial charge in [0.2, 0.25) is 0 Å². The van der Waals surface area contributed by atoms with Crippen molar-refractivity contribution in [2.45, 2.75) is 20.8 Å². The number of carbonyl (C=O) groups is 1. The molecule has 0 aliphatic heterocycles. The number of hydrogen-bond donors (Lipinski definition) is 1. The molecule has 0 saturated carbocycles. The van der Waals surface area contributed by atoms with Crippen LogP contribution in [0.15, 0.2) is 29.6 Å². The van der Waals surface area contributed by atoms with Crippen LogP contribution in [0, 0.1) is 20.8 Å². The fourth-order valence-corrected chi connectivity index (χ4v) is 2.85. The lowest BCUT2D eigenvalue weighted by atomic mass is 10.1. The second-order valence-electron chi connectivity index (χ2n) is 4.81. The van der Waals surface area contributed by atoms with Gasteiger partial charge in [0.25, 0.3) is 5.91 Å². The Morgan fingerprint density at radius 2 is 1.95 bits per heavy atom. The predicted octanol–water partition coefficient (Wildman–Crippen LogP) is 3.48. The molecule has 1 aromatic carbocycles. The number of carbonyl (C=O) groups excluding carboxylic acids is 1. The Kier molecular flexibility index (Phi) is 4.79. The Morgan fingerprint density at radius 1 is 1.25 bits per heavy atom. The van der Waals surface area contributed by atoms with Crippen molar-refractivity contribution in [3.63, 3.8) is 0 Å². The number of aryl methyl sites for hydroxylation is 3. The zero-order valence-corrected chi connectivity index (χ0v) is 12.8. The van der Waals surface area contributed by atoms with Crippen LogP contribution < -0.4 is 10.1 Å². The molecule has 1 N–H and O–H groups in total. The van der Waals surface area contributed by atoms with Crippen LogP contribution >= 0.6 is 11.3 Å². The van der Waals surface area contributed by atoms with E-state index in [-0.39, 0.29) is 5.91 Å². The van der Waals surface area contributed by atoms with Crippen LogP contribution in [0.4, 0.5) is 0 Å². The Balaban J connectivity index is 1.83. The van der Waals surface area contributed by atoms with Gasteiger partial charge in [0.05, 0.1) is 11.4 Å². The normalized spacial score (nSPS) is 10.3. The molecular formula is C16H19NO2S. The van der Waals surface area contributed by atoms with Crippen molar-refractivity contribution in [2.24, 2.45) is 0 Å². The molecule has 0 radical (unpaired) electrons. The summed E-state index contributed by atoms with van der Waals surface area (Å²) in [5, 5.41) is 4.75. The van der Waals surface area contributed by atoms with Gasteiger partial charge in [0, 0.05) is 0 Å². The van der Waals surface area contributed by atoms with Crippen LogP contribution in [0.1, 0.15) is 26.4 Å². The average molecular weight is 289 g/mol. The maximum absolute atomic E-state index is 11.7. The van der Waals surface area contributed by atoms with E-state index in [2.05, 4.69) is 24.4 Å². The first-order chi connectivity index (χ1) is 9.58. The molecule has 0 bridgehead atoms. The highest BCUT2D eigenvalue weighted by Crippen LogP contribution is 2.24. The highest BCUT2D eigenvalue weighted by Gasteiger charge is 2.07. The third-order valence-electron chi connectivity index (χ3n) is 2.98. The van der Waals surface area contributed by atoms with Crippen LogP contribution in [0.2, 0.25) is 0 Å². The van der Waals surface area contributed by atoms with Gasteiger partial charge in [0.1, 0.15) is 12.4 Å². The first kappa shape index (κ1) is 14.6. The number of ether oxygens (including phenoxy) is 1. The highest BCUT2D eigenvalue weighted by atomic mass is 32.1. The summed E-state index contributed by atoms with van der Waals surface area (Å²) in [5.41, 5.74) is 3.50. The summed E-state index contributed by atoms with van der Waals surface area (Å²) >= 11 is 1.44. The number of amides is 1. The minimum atomic E-state index is -0.0408. The Bertz CT molecular complexity index is 568. The molecule has 0 unspecified atom stereocenters. The fourth-order valence-electron chi connectivity index (χ4n) is 2.21. The monoisotopic (exact) mass is 289 g/mol. The van der Waals surface area contributed by atoms with Gasteiger partial charge >= 0.3 is 0 Å². The van der Waals surface area contributed by atoms with Gasteiger partial charge in [-0.15, -0.1) is 11.3 Å². The minimum absolute atomic E-state index is 0.0408. The molecule has 0 aliphatic rings. The number of benzene rings is 1. The molecule has 1 aromatic heterocycles. The van der Waals surface area contributed by atoms with E-state index in [4.69, 9.17) is 4.74 Å². The SMILES string of the molecule is Cc1cc(C)c(OCCNC(=O)c2cccs2)c(C)c1. The van der Waals surface area contributed by atoms with Gasteiger partial charge in [-0.1, -0.05) is 23.8 Å². The second kappa shape index (κ2) is 6.57. The lowest BCUT2D eigenvalue weighted by molar-refractivity contribution is 0.0951. The molecule has 0 spiro atoms. The molecule has 0 fully saturated rings. The molecular weight excluding hydrogens is 270 g/mol. The van der Waals surface area contributed by atoms with Gasteiger partial charge in [0.15, 0.2) is 0 Å². The van der Waals surface area contributed by atoms with Gasteiger partial charge in [-0.25, -0.2) is 0 Å². The van der Waals surface area contributed by atoms with E-state index in [0.29, 0.717) is 13.2 Å². The van der Waals surface area contributed by atoms with Crippen molar-refractivity contribution >= 4 is 17.2 Å². The largest absolute Gasteiger partial charge is 0.491 e. The number of rotatable bonds is 5. The fraction of sp³-hybridized carbons (Fsp3) is 0.312. The Morgan fingerprint density at radius 3 is 2.55 bits per heavy atom. The van der Waals surface area contributed by atoms with E-state index in [9.17, 15) is 4.79 Å². The summed E-state index contributed by atoms with van der Waals surface area (Å²) in [4.78, 5) is 12.5. The minimum Gasteiger partial charge on any atom is -0.491 e. The molecule has 1 amide bonds. The molecule has 2 rings (SSSR count). The van der Waals surface area contributed by atoms with Crippen LogP contribution in [0.25, 0.3) is 0 Å². The van der Waals surface area contributed by atoms with Crippen molar-refractivity contribution in [3.8, 4) is 5.75 Å². The lowest BCUT2D eigenvalue weighted by Gasteiger charge is -2.13. The maximum atomic E-state index is 11.7. The first-order valence-electron chi connectivity index (χ1n) is 6.60. The topological polar surface area (TPSA) is 38.3 Å². The van der Waals surface area contributed by atoms with E-state index >= 15 is 0 Å². The van der Waals surface area contributed by atoms with Gasteiger partial charge < -0.3 is 10.1 Å². The smallest absolute Gasteiger partial charge is 0.261 e. The molecule has 106 valence electrons. The summed E-state index contributed by atoms with van der Waals surface area (Å²) in [6.45, 7) is 7.13. The number of thiophene rings is 1. The summed E-state index contributed by atoms with van der Waals surface area (Å²) in [6, 6.07) is 7.89. The van der Waals surface area contributed by atoms with Crippen LogP contribution in [0.5, 0.6) is 5.75 Å². The van der Waals surface area contributed by atoms with Gasteiger partial charge in [-0.05, 0) is 43.3 Å². The summed E-state index contributed by atoms with van der Waals surface area (Å²) in [5.74, 6) is 0.877. The van der Waals surface area contributed by atoms with Gasteiger partial charge in [-0.2, -0.15) is 0 Å². The van der Waals surface area contributed by atoms with Crippen LogP contribution in [-0.2, 0) is 0 Å². The average Bonchev–Trinajstić information content (AvgIpc) is 2.90. The lowest BCUT2D eigenvalue weighted by Crippen LogP contribution is -2.27. The number of hydrogen-bond acceptors (Lipinski definition) is 3. The van der Waals surface area contributed by atoms with Crippen LogP contribution in [-0.4, -0.2) is 19.1 Å². The highest BCUT2D eigenvalue weighted by molar-refractivity contribution is 7.12. The summed E-state index contributed by atoms with van der Waals surface area (Å²) in [7, 11) is 0. The molecule has 4 heteroatoms. The van der Waals surface area contributed by atoms with Crippen molar-refractivity contribution in [1.82, 2.24) is 5.32 Å². The molecule has 3 nitrogen and oxygen atoms in total. The summed E-state index contributed by atoms with van der Waals surface area (Å²) in [6.07, 6.45) is 0. The third-order valence-corrected chi connectivity index (χ3v) is 3.85. The van der Waals surface area contributed by atoms with E-state index in [1.807, 2.05) is 31.4 Å². The predicted molar refractivity (Wildman–Crippen MR) is 82.8 cm³/mol. The van der Waals surface area contributed by atoms with E-state index < -0.39 is 0 Å². The van der Waals surface area contributed by atoms with E-state index in [0.717, 1.165) is 21.8 Å². The Labute approximate surface area is 123 Å². The van der Waals surface area contributed by atoms with Crippen molar-refractivity contribution in [1.29, 1.82) is 0 Å². The molecule has 1 heterocycles. The van der Waals surface area contributed by atoms with Crippen molar-refractivity contribution in [3.05, 3.63) is 51.2 Å². The molecule has 2 aromatic rings. The number of nitrogens with one attached hydrogen (secondary N) is 1. The van der Waals surface area contributed by atoms with Crippen LogP contribution in [0.3, 0.4) is 0 Å². The molecule has 0 aliphatic carbocycles. The quantitative estimate of drug-likeness (QED) is 0.856. The zero-order valence-electron chi connectivity index (χ0n) is 12.0. The first-order valence-corrected chi connectivity index (χ1v) is 7.48. The second-order valence-corrected chi connectivity index (χ2v) is 5.76. The van der Waals surface area contributed by atoms with Crippen molar-refractivity contribution < 1.29 is 9.53 Å². The Hall–Kier alpha value is -1.81. The van der Waals surface area contributed by atoms with E-state index in [1.165, 1.54) is 16.9 Å². The molecule has 0 atom stereocenters. The van der Waals surface area contributed by atoms with Gasteiger partial charge in [-0.3, -0.25) is 4.79 Å².